The standard InChI is InChI=1S/C14H18BrN3O2/c1-8-5-10-7-18(4-3-11(10)12(15)6-8)9(2)13(19)17-14(16)20/h5-6,9H,3-4,7H2,1-2H3,(H3,16,17,19,20)/t9-/m1/s1. The molecule has 3 amide bonds. The van der Waals surface area contributed by atoms with Crippen LogP contribution in [0.15, 0.2) is 16.6 Å². The second-order valence-electron chi connectivity index (χ2n) is 5.13. The van der Waals surface area contributed by atoms with Crippen LogP contribution in [0.25, 0.3) is 0 Å². The van der Waals surface area contributed by atoms with E-state index in [2.05, 4.69) is 33.4 Å². The molecule has 20 heavy (non-hydrogen) atoms. The highest BCUT2D eigenvalue weighted by molar-refractivity contribution is 9.10. The highest BCUT2D eigenvalue weighted by Crippen LogP contribution is 2.28. The van der Waals surface area contributed by atoms with Crippen LogP contribution >= 0.6 is 15.9 Å². The van der Waals surface area contributed by atoms with Gasteiger partial charge in [0.1, 0.15) is 0 Å². The molecule has 108 valence electrons. The topological polar surface area (TPSA) is 75.4 Å². The molecule has 0 saturated carbocycles. The summed E-state index contributed by atoms with van der Waals surface area (Å²) in [6, 6.07) is 3.07. The fourth-order valence-electron chi connectivity index (χ4n) is 2.54. The van der Waals surface area contributed by atoms with Gasteiger partial charge in [-0.05, 0) is 43.0 Å². The lowest BCUT2D eigenvalue weighted by Crippen LogP contribution is -2.49. The number of urea groups is 1. The normalized spacial score (nSPS) is 16.4. The number of halogens is 1. The summed E-state index contributed by atoms with van der Waals surface area (Å²) in [6.07, 6.45) is 0.879. The van der Waals surface area contributed by atoms with E-state index in [9.17, 15) is 9.59 Å². The zero-order chi connectivity index (χ0) is 14.9. The van der Waals surface area contributed by atoms with Gasteiger partial charge in [0.05, 0.1) is 6.04 Å². The Morgan fingerprint density at radius 2 is 2.15 bits per heavy atom. The first-order chi connectivity index (χ1) is 9.38. The van der Waals surface area contributed by atoms with Gasteiger partial charge in [0, 0.05) is 17.6 Å². The summed E-state index contributed by atoms with van der Waals surface area (Å²) in [6.45, 7) is 5.31. The van der Waals surface area contributed by atoms with Crippen LogP contribution in [0.5, 0.6) is 0 Å². The third kappa shape index (κ3) is 3.19. The van der Waals surface area contributed by atoms with Crippen LogP contribution in [0.3, 0.4) is 0 Å². The maximum Gasteiger partial charge on any atom is 0.318 e. The van der Waals surface area contributed by atoms with Crippen molar-refractivity contribution < 1.29 is 9.59 Å². The highest BCUT2D eigenvalue weighted by atomic mass is 79.9. The predicted molar refractivity (Wildman–Crippen MR) is 80.2 cm³/mol. The van der Waals surface area contributed by atoms with Crippen LogP contribution < -0.4 is 11.1 Å². The van der Waals surface area contributed by atoms with Crippen molar-refractivity contribution in [2.75, 3.05) is 6.54 Å². The molecule has 0 aromatic heterocycles. The summed E-state index contributed by atoms with van der Waals surface area (Å²) in [7, 11) is 0. The lowest BCUT2D eigenvalue weighted by Gasteiger charge is -2.33. The number of aryl methyl sites for hydroxylation is 1. The van der Waals surface area contributed by atoms with E-state index in [0.717, 1.165) is 17.4 Å². The summed E-state index contributed by atoms with van der Waals surface area (Å²) >= 11 is 3.59. The maximum atomic E-state index is 11.8. The molecule has 1 heterocycles. The van der Waals surface area contributed by atoms with Crippen molar-refractivity contribution in [3.05, 3.63) is 33.3 Å². The van der Waals surface area contributed by atoms with E-state index in [4.69, 9.17) is 5.73 Å². The molecule has 0 fully saturated rings. The number of nitrogens with two attached hydrogens (primary N) is 1. The van der Waals surface area contributed by atoms with E-state index in [1.807, 2.05) is 11.8 Å². The summed E-state index contributed by atoms with van der Waals surface area (Å²) in [5.74, 6) is -0.354. The minimum atomic E-state index is -0.808. The van der Waals surface area contributed by atoms with E-state index in [1.165, 1.54) is 16.7 Å². The van der Waals surface area contributed by atoms with Crippen molar-refractivity contribution in [2.45, 2.75) is 32.9 Å². The Morgan fingerprint density at radius 1 is 1.45 bits per heavy atom. The van der Waals surface area contributed by atoms with Gasteiger partial charge >= 0.3 is 6.03 Å². The van der Waals surface area contributed by atoms with E-state index in [1.54, 1.807) is 6.92 Å². The van der Waals surface area contributed by atoms with E-state index in [-0.39, 0.29) is 11.9 Å². The molecule has 2 rings (SSSR count). The molecule has 1 aromatic rings. The van der Waals surface area contributed by atoms with Crippen molar-refractivity contribution in [1.82, 2.24) is 10.2 Å². The lowest BCUT2D eigenvalue weighted by atomic mass is 9.96. The van der Waals surface area contributed by atoms with Crippen LogP contribution in [0.4, 0.5) is 4.79 Å². The second kappa shape index (κ2) is 5.93. The molecule has 0 bridgehead atoms. The summed E-state index contributed by atoms with van der Waals surface area (Å²) in [4.78, 5) is 24.6. The van der Waals surface area contributed by atoms with Crippen molar-refractivity contribution in [3.8, 4) is 0 Å². The Kier molecular flexibility index (Phi) is 4.45. The SMILES string of the molecule is Cc1cc(Br)c2c(c1)CN([C@H](C)C(=O)NC(N)=O)CC2. The summed E-state index contributed by atoms with van der Waals surface area (Å²) in [5, 5.41) is 2.14. The van der Waals surface area contributed by atoms with Gasteiger partial charge in [0.25, 0.3) is 0 Å². The molecule has 3 N–H and O–H groups in total. The Morgan fingerprint density at radius 3 is 2.80 bits per heavy atom. The van der Waals surface area contributed by atoms with Gasteiger partial charge in [0.15, 0.2) is 0 Å². The zero-order valence-electron chi connectivity index (χ0n) is 11.6. The number of nitrogens with one attached hydrogen (secondary N) is 1. The van der Waals surface area contributed by atoms with Gasteiger partial charge < -0.3 is 5.73 Å². The van der Waals surface area contributed by atoms with E-state index >= 15 is 0 Å². The molecule has 1 aliphatic rings. The molecule has 1 aromatic carbocycles. The van der Waals surface area contributed by atoms with Crippen molar-refractivity contribution >= 4 is 27.9 Å². The molecule has 1 atom stereocenters. The zero-order valence-corrected chi connectivity index (χ0v) is 13.2. The van der Waals surface area contributed by atoms with E-state index < -0.39 is 6.03 Å². The Bertz CT molecular complexity index is 560. The average molecular weight is 340 g/mol. The number of carbonyl (C=O) groups is 2. The van der Waals surface area contributed by atoms with Crippen molar-refractivity contribution in [2.24, 2.45) is 5.73 Å². The van der Waals surface area contributed by atoms with Gasteiger partial charge in [-0.25, -0.2) is 4.79 Å². The van der Waals surface area contributed by atoms with Crippen LogP contribution in [-0.4, -0.2) is 29.4 Å². The monoisotopic (exact) mass is 339 g/mol. The number of amides is 3. The molecule has 5 nitrogen and oxygen atoms in total. The van der Waals surface area contributed by atoms with Crippen molar-refractivity contribution in [3.63, 3.8) is 0 Å². The number of imide groups is 1. The smallest absolute Gasteiger partial charge is 0.318 e. The molecule has 0 radical (unpaired) electrons. The minimum Gasteiger partial charge on any atom is -0.351 e. The Balaban J connectivity index is 2.14. The van der Waals surface area contributed by atoms with E-state index in [0.29, 0.717) is 6.54 Å². The maximum absolute atomic E-state index is 11.8. The molecule has 0 unspecified atom stereocenters. The highest BCUT2D eigenvalue weighted by Gasteiger charge is 2.26. The number of carbonyl (C=O) groups excluding carboxylic acids is 2. The average Bonchev–Trinajstić information content (AvgIpc) is 2.36. The third-order valence-electron chi connectivity index (χ3n) is 3.63. The van der Waals surface area contributed by atoms with Crippen LogP contribution in [0.1, 0.15) is 23.6 Å². The molecular weight excluding hydrogens is 322 g/mol. The molecule has 1 aliphatic heterocycles. The number of hydrogen-bond donors (Lipinski definition) is 2. The quantitative estimate of drug-likeness (QED) is 0.860. The first-order valence-corrected chi connectivity index (χ1v) is 7.30. The van der Waals surface area contributed by atoms with Gasteiger partial charge in [-0.3, -0.25) is 15.0 Å². The second-order valence-corrected chi connectivity index (χ2v) is 5.99. The number of primary amides is 1. The summed E-state index contributed by atoms with van der Waals surface area (Å²) < 4.78 is 1.13. The number of benzene rings is 1. The van der Waals surface area contributed by atoms with Gasteiger partial charge in [-0.15, -0.1) is 0 Å². The number of hydrogen-bond acceptors (Lipinski definition) is 3. The van der Waals surface area contributed by atoms with Crippen LogP contribution in [0, 0.1) is 6.92 Å². The molecule has 0 saturated heterocycles. The van der Waals surface area contributed by atoms with Crippen molar-refractivity contribution in [1.29, 1.82) is 0 Å². The fraction of sp³-hybridized carbons (Fsp3) is 0.429. The number of rotatable bonds is 2. The largest absolute Gasteiger partial charge is 0.351 e. The van der Waals surface area contributed by atoms with Gasteiger partial charge in [-0.2, -0.15) is 0 Å². The Labute approximate surface area is 126 Å². The first-order valence-electron chi connectivity index (χ1n) is 6.50. The number of fused-ring (bicyclic) bond motifs is 1. The predicted octanol–water partition coefficient (Wildman–Crippen LogP) is 1.70. The minimum absolute atomic E-state index is 0.354. The molecule has 6 heteroatoms. The molecular formula is C14H18BrN3O2. The van der Waals surface area contributed by atoms with Gasteiger partial charge in [-0.1, -0.05) is 22.0 Å². The molecule has 0 spiro atoms. The van der Waals surface area contributed by atoms with Crippen LogP contribution in [-0.2, 0) is 17.8 Å². The summed E-state index contributed by atoms with van der Waals surface area (Å²) in [5.41, 5.74) is 8.69. The first kappa shape index (κ1) is 15.0. The third-order valence-corrected chi connectivity index (χ3v) is 4.34. The van der Waals surface area contributed by atoms with Gasteiger partial charge in [0.2, 0.25) is 5.91 Å². The number of nitrogens with zero attached hydrogens (tertiary/aromatic N) is 1. The molecule has 0 aliphatic carbocycles. The van der Waals surface area contributed by atoms with Crippen LogP contribution in [0.2, 0.25) is 0 Å². The Hall–Kier alpha value is -1.40. The fourth-order valence-corrected chi connectivity index (χ4v) is 3.35. The lowest BCUT2D eigenvalue weighted by molar-refractivity contribution is -0.125.